The van der Waals surface area contributed by atoms with E-state index in [2.05, 4.69) is 9.98 Å². The molecule has 32 heavy (non-hydrogen) atoms. The molecule has 0 unspecified atom stereocenters. The van der Waals surface area contributed by atoms with Crippen LogP contribution in [0, 0.1) is 11.6 Å². The fourth-order valence-corrected chi connectivity index (χ4v) is 3.36. The summed E-state index contributed by atoms with van der Waals surface area (Å²) >= 11 is 0. The first-order chi connectivity index (χ1) is 15.5. The van der Waals surface area contributed by atoms with Gasteiger partial charge in [-0.3, -0.25) is 14.5 Å². The number of ketones is 1. The summed E-state index contributed by atoms with van der Waals surface area (Å²) in [5.41, 5.74) is -0.0911. The molecule has 1 amide bonds. The van der Waals surface area contributed by atoms with Gasteiger partial charge in [-0.2, -0.15) is 0 Å². The number of fused-ring (bicyclic) bond motifs is 1. The lowest BCUT2D eigenvalue weighted by Crippen LogP contribution is -2.39. The van der Waals surface area contributed by atoms with E-state index in [0.29, 0.717) is 11.3 Å². The Morgan fingerprint density at radius 2 is 1.78 bits per heavy atom. The van der Waals surface area contributed by atoms with E-state index in [9.17, 15) is 18.4 Å². The number of aliphatic imine (C=N–C) groups is 2. The first-order valence-corrected chi connectivity index (χ1v) is 9.55. The molecule has 0 N–H and O–H groups in total. The Kier molecular flexibility index (Phi) is 4.67. The second-order valence-corrected chi connectivity index (χ2v) is 6.93. The number of benzene rings is 2. The minimum atomic E-state index is -1.13. The normalized spacial score (nSPS) is 16.6. The molecular formula is C24H13F2N3O3. The van der Waals surface area contributed by atoms with Crippen LogP contribution in [0.3, 0.4) is 0 Å². The Morgan fingerprint density at radius 1 is 0.969 bits per heavy atom. The van der Waals surface area contributed by atoms with Crippen molar-refractivity contribution in [3.05, 3.63) is 107 Å². The van der Waals surface area contributed by atoms with Crippen LogP contribution in [-0.4, -0.2) is 28.1 Å². The van der Waals surface area contributed by atoms with Crippen LogP contribution in [0.4, 0.5) is 8.78 Å². The third kappa shape index (κ3) is 3.27. The predicted molar refractivity (Wildman–Crippen MR) is 114 cm³/mol. The van der Waals surface area contributed by atoms with Gasteiger partial charge in [-0.05, 0) is 24.3 Å². The van der Waals surface area contributed by atoms with Gasteiger partial charge in [-0.1, -0.05) is 36.4 Å². The number of furan rings is 1. The quantitative estimate of drug-likeness (QED) is 0.454. The van der Waals surface area contributed by atoms with Gasteiger partial charge in [0.05, 0.1) is 12.0 Å². The molecule has 8 heteroatoms. The molecule has 5 rings (SSSR count). The molecule has 3 heterocycles. The molecule has 0 saturated carbocycles. The first kappa shape index (κ1) is 19.5. The highest BCUT2D eigenvalue weighted by molar-refractivity contribution is 6.72. The number of hydrogen-bond acceptors (Lipinski definition) is 5. The molecule has 2 aliphatic rings. The number of carbonyl (C=O) groups is 2. The largest absolute Gasteiger partial charge is 0.465 e. The molecule has 156 valence electrons. The SMILES string of the molecule is O=C(C1=NC(c2cccc(F)c2F)=CN2C(=O)/C(=C\c3ccco3)N=C12)c1ccccc1. The van der Waals surface area contributed by atoms with Crippen molar-refractivity contribution < 1.29 is 22.8 Å². The van der Waals surface area contributed by atoms with Gasteiger partial charge in [-0.15, -0.1) is 0 Å². The summed E-state index contributed by atoms with van der Waals surface area (Å²) in [6, 6.07) is 15.2. The molecule has 0 bridgehead atoms. The molecule has 1 aromatic heterocycles. The van der Waals surface area contributed by atoms with Gasteiger partial charge in [0.1, 0.15) is 11.5 Å². The highest BCUT2D eigenvalue weighted by atomic mass is 19.2. The number of halogens is 2. The second-order valence-electron chi connectivity index (χ2n) is 6.93. The Balaban J connectivity index is 1.66. The third-order valence-corrected chi connectivity index (χ3v) is 4.89. The molecule has 0 atom stereocenters. The summed E-state index contributed by atoms with van der Waals surface area (Å²) in [5.74, 6) is -2.87. The number of amides is 1. The minimum Gasteiger partial charge on any atom is -0.465 e. The molecule has 0 fully saturated rings. The topological polar surface area (TPSA) is 75.2 Å². The van der Waals surface area contributed by atoms with Crippen molar-refractivity contribution in [2.24, 2.45) is 9.98 Å². The van der Waals surface area contributed by atoms with Crippen LogP contribution in [0.25, 0.3) is 11.8 Å². The fraction of sp³-hybridized carbons (Fsp3) is 0. The maximum atomic E-state index is 14.5. The third-order valence-electron chi connectivity index (χ3n) is 4.89. The molecule has 0 spiro atoms. The van der Waals surface area contributed by atoms with Crippen LogP contribution in [0.1, 0.15) is 21.7 Å². The van der Waals surface area contributed by atoms with E-state index in [-0.39, 0.29) is 28.5 Å². The molecular weight excluding hydrogens is 416 g/mol. The number of amidine groups is 1. The smallest absolute Gasteiger partial charge is 0.282 e. The summed E-state index contributed by atoms with van der Waals surface area (Å²) in [6.45, 7) is 0. The summed E-state index contributed by atoms with van der Waals surface area (Å²) in [5, 5.41) is 0. The highest BCUT2D eigenvalue weighted by Gasteiger charge is 2.38. The maximum Gasteiger partial charge on any atom is 0.282 e. The summed E-state index contributed by atoms with van der Waals surface area (Å²) in [7, 11) is 0. The van der Waals surface area contributed by atoms with Gasteiger partial charge in [0.15, 0.2) is 23.2 Å². The predicted octanol–water partition coefficient (Wildman–Crippen LogP) is 4.48. The average molecular weight is 429 g/mol. The highest BCUT2D eigenvalue weighted by Crippen LogP contribution is 2.30. The number of hydrogen-bond donors (Lipinski definition) is 0. The number of Topliss-reactive ketones (excluding diaryl/α,β-unsaturated/α-hetero) is 1. The van der Waals surface area contributed by atoms with Crippen molar-refractivity contribution in [1.82, 2.24) is 4.90 Å². The van der Waals surface area contributed by atoms with Crippen LogP contribution in [0.2, 0.25) is 0 Å². The lowest BCUT2D eigenvalue weighted by Gasteiger charge is -2.21. The Bertz CT molecular complexity index is 1370. The van der Waals surface area contributed by atoms with E-state index in [1.54, 1.807) is 42.5 Å². The van der Waals surface area contributed by atoms with Gasteiger partial charge >= 0.3 is 0 Å². The number of nitrogens with zero attached hydrogens (tertiary/aromatic N) is 3. The van der Waals surface area contributed by atoms with E-state index in [0.717, 1.165) is 11.0 Å². The van der Waals surface area contributed by atoms with Crippen molar-refractivity contribution in [1.29, 1.82) is 0 Å². The van der Waals surface area contributed by atoms with Crippen molar-refractivity contribution in [2.45, 2.75) is 0 Å². The Labute approximate surface area is 180 Å². The number of carbonyl (C=O) groups excluding carboxylic acids is 2. The summed E-state index contributed by atoms with van der Waals surface area (Å²) < 4.78 is 33.6. The molecule has 0 radical (unpaired) electrons. The molecule has 3 aromatic rings. The van der Waals surface area contributed by atoms with Crippen molar-refractivity contribution in [3.63, 3.8) is 0 Å². The summed E-state index contributed by atoms with van der Waals surface area (Å²) in [6.07, 6.45) is 4.11. The van der Waals surface area contributed by atoms with Crippen LogP contribution in [0.15, 0.2) is 93.2 Å². The lowest BCUT2D eigenvalue weighted by atomic mass is 10.0. The molecule has 2 aromatic carbocycles. The van der Waals surface area contributed by atoms with Crippen LogP contribution in [-0.2, 0) is 4.79 Å². The van der Waals surface area contributed by atoms with Gasteiger partial charge in [0, 0.05) is 23.4 Å². The molecule has 6 nitrogen and oxygen atoms in total. The zero-order chi connectivity index (χ0) is 22.2. The van der Waals surface area contributed by atoms with Gasteiger partial charge in [0.2, 0.25) is 5.78 Å². The minimum absolute atomic E-state index is 0.00206. The molecule has 2 aliphatic heterocycles. The van der Waals surface area contributed by atoms with Crippen molar-refractivity contribution in [3.8, 4) is 0 Å². The van der Waals surface area contributed by atoms with E-state index in [1.165, 1.54) is 30.7 Å². The second kappa shape index (κ2) is 7.66. The standard InChI is InChI=1S/C24H13F2N3O3/c25-17-10-4-9-16(20(17)26)19-13-29-23(21(27-19)22(30)14-6-2-1-3-7-14)28-18(24(29)31)12-15-8-5-11-32-15/h1-13H/b18-12+. The van der Waals surface area contributed by atoms with E-state index in [4.69, 9.17) is 4.42 Å². The van der Waals surface area contributed by atoms with Crippen LogP contribution >= 0.6 is 0 Å². The van der Waals surface area contributed by atoms with Crippen LogP contribution in [0.5, 0.6) is 0 Å². The zero-order valence-corrected chi connectivity index (χ0v) is 16.3. The van der Waals surface area contributed by atoms with Crippen LogP contribution < -0.4 is 0 Å². The monoisotopic (exact) mass is 429 g/mol. The number of rotatable bonds is 4. The van der Waals surface area contributed by atoms with Crippen molar-refractivity contribution in [2.75, 3.05) is 0 Å². The molecule has 0 saturated heterocycles. The maximum absolute atomic E-state index is 14.5. The van der Waals surface area contributed by atoms with Gasteiger partial charge < -0.3 is 4.42 Å². The summed E-state index contributed by atoms with van der Waals surface area (Å²) in [4.78, 5) is 35.9. The Hall–Kier alpha value is -4.46. The average Bonchev–Trinajstić information content (AvgIpc) is 3.44. The van der Waals surface area contributed by atoms with E-state index >= 15 is 0 Å². The molecule has 0 aliphatic carbocycles. The van der Waals surface area contributed by atoms with Gasteiger partial charge in [0.25, 0.3) is 5.91 Å². The van der Waals surface area contributed by atoms with Crippen molar-refractivity contribution >= 4 is 35.0 Å². The zero-order valence-electron chi connectivity index (χ0n) is 16.3. The van der Waals surface area contributed by atoms with Gasteiger partial charge in [-0.25, -0.2) is 18.8 Å². The van der Waals surface area contributed by atoms with E-state index < -0.39 is 23.3 Å². The fourth-order valence-electron chi connectivity index (χ4n) is 3.36. The first-order valence-electron chi connectivity index (χ1n) is 9.55. The lowest BCUT2D eigenvalue weighted by molar-refractivity contribution is -0.120. The Morgan fingerprint density at radius 3 is 2.53 bits per heavy atom. The van der Waals surface area contributed by atoms with E-state index in [1.807, 2.05) is 0 Å².